The molecule has 0 atom stereocenters. The fourth-order valence-electron chi connectivity index (χ4n) is 4.31. The van der Waals surface area contributed by atoms with Crippen molar-refractivity contribution in [1.82, 2.24) is 15.5 Å². The van der Waals surface area contributed by atoms with Crippen molar-refractivity contribution in [2.75, 3.05) is 44.2 Å². The molecule has 3 rings (SSSR count). The SMILES string of the molecule is C=CCNC(=O)NC1CCC(CCN2CCN(c3cccc(Cl)c3Cl)CC2)CC1. The second-order valence-electron chi connectivity index (χ2n) is 8.05. The summed E-state index contributed by atoms with van der Waals surface area (Å²) in [4.78, 5) is 16.6. The number of urea groups is 1. The largest absolute Gasteiger partial charge is 0.368 e. The van der Waals surface area contributed by atoms with Gasteiger partial charge in [0.1, 0.15) is 0 Å². The summed E-state index contributed by atoms with van der Waals surface area (Å²) in [5, 5.41) is 7.14. The van der Waals surface area contributed by atoms with Gasteiger partial charge < -0.3 is 15.5 Å². The van der Waals surface area contributed by atoms with Crippen molar-refractivity contribution in [3.8, 4) is 0 Å². The standard InChI is InChI=1S/C22H32Cl2N4O/c1-2-11-25-22(29)26-18-8-6-17(7-9-18)10-12-27-13-15-28(16-14-27)20-5-3-4-19(23)21(20)24/h2-5,17-18H,1,6-16H2,(H2,25,26,29). The number of hydrogen-bond donors (Lipinski definition) is 2. The van der Waals surface area contributed by atoms with E-state index >= 15 is 0 Å². The molecule has 0 spiro atoms. The molecule has 29 heavy (non-hydrogen) atoms. The zero-order chi connectivity index (χ0) is 20.6. The Balaban J connectivity index is 1.34. The Morgan fingerprint density at radius 3 is 2.55 bits per heavy atom. The Morgan fingerprint density at radius 2 is 1.86 bits per heavy atom. The summed E-state index contributed by atoms with van der Waals surface area (Å²) in [5.41, 5.74) is 1.04. The second kappa shape index (κ2) is 11.1. The molecule has 1 aromatic carbocycles. The topological polar surface area (TPSA) is 47.6 Å². The minimum absolute atomic E-state index is 0.0778. The molecule has 7 heteroatoms. The monoisotopic (exact) mass is 438 g/mol. The van der Waals surface area contributed by atoms with E-state index in [0.717, 1.165) is 57.2 Å². The third-order valence-corrected chi connectivity index (χ3v) is 6.90. The first-order valence-electron chi connectivity index (χ1n) is 10.6. The third kappa shape index (κ3) is 6.53. The number of nitrogens with one attached hydrogen (secondary N) is 2. The van der Waals surface area contributed by atoms with Gasteiger partial charge in [0.2, 0.25) is 0 Å². The van der Waals surface area contributed by atoms with Crippen LogP contribution in [0.15, 0.2) is 30.9 Å². The van der Waals surface area contributed by atoms with Crippen LogP contribution in [0.25, 0.3) is 0 Å². The van der Waals surface area contributed by atoms with Crippen LogP contribution in [-0.4, -0.2) is 56.2 Å². The average Bonchev–Trinajstić information content (AvgIpc) is 2.74. The molecule has 0 bridgehead atoms. The normalized spacial score (nSPS) is 22.9. The summed E-state index contributed by atoms with van der Waals surface area (Å²) in [6, 6.07) is 6.08. The van der Waals surface area contributed by atoms with Crippen LogP contribution < -0.4 is 15.5 Å². The predicted molar refractivity (Wildman–Crippen MR) is 122 cm³/mol. The van der Waals surface area contributed by atoms with Gasteiger partial charge in [0, 0.05) is 38.8 Å². The minimum atomic E-state index is -0.0778. The van der Waals surface area contributed by atoms with Crippen LogP contribution >= 0.6 is 23.2 Å². The molecule has 1 aliphatic carbocycles. The lowest BCUT2D eigenvalue weighted by Crippen LogP contribution is -2.47. The maximum atomic E-state index is 11.8. The summed E-state index contributed by atoms with van der Waals surface area (Å²) in [7, 11) is 0. The summed E-state index contributed by atoms with van der Waals surface area (Å²) in [6.07, 6.45) is 7.49. The fraction of sp³-hybridized carbons (Fsp3) is 0.591. The lowest BCUT2D eigenvalue weighted by atomic mass is 9.84. The number of benzene rings is 1. The molecule has 0 aromatic heterocycles. The number of carbonyl (C=O) groups is 1. The quantitative estimate of drug-likeness (QED) is 0.613. The van der Waals surface area contributed by atoms with E-state index in [1.165, 1.54) is 19.3 Å². The molecule has 2 fully saturated rings. The van der Waals surface area contributed by atoms with Crippen LogP contribution in [0.2, 0.25) is 10.0 Å². The van der Waals surface area contributed by atoms with Crippen LogP contribution in [-0.2, 0) is 0 Å². The maximum absolute atomic E-state index is 11.8. The highest BCUT2D eigenvalue weighted by Crippen LogP contribution is 2.33. The van der Waals surface area contributed by atoms with E-state index in [9.17, 15) is 4.79 Å². The smallest absolute Gasteiger partial charge is 0.315 e. The third-order valence-electron chi connectivity index (χ3n) is 6.09. The van der Waals surface area contributed by atoms with E-state index < -0.39 is 0 Å². The number of hydrogen-bond acceptors (Lipinski definition) is 3. The number of halogens is 2. The van der Waals surface area contributed by atoms with E-state index in [2.05, 4.69) is 27.0 Å². The van der Waals surface area contributed by atoms with Gasteiger partial charge in [-0.2, -0.15) is 0 Å². The van der Waals surface area contributed by atoms with Gasteiger partial charge in [-0.1, -0.05) is 35.3 Å². The summed E-state index contributed by atoms with van der Waals surface area (Å²) >= 11 is 12.5. The molecule has 0 unspecified atom stereocenters. The minimum Gasteiger partial charge on any atom is -0.368 e. The molecule has 1 aliphatic heterocycles. The van der Waals surface area contributed by atoms with Crippen LogP contribution in [0.1, 0.15) is 32.1 Å². The first-order valence-corrected chi connectivity index (χ1v) is 11.4. The first-order chi connectivity index (χ1) is 14.1. The van der Waals surface area contributed by atoms with Crippen LogP contribution in [0.4, 0.5) is 10.5 Å². The van der Waals surface area contributed by atoms with Crippen molar-refractivity contribution >= 4 is 34.9 Å². The van der Waals surface area contributed by atoms with Gasteiger partial charge in [0.05, 0.1) is 15.7 Å². The molecule has 1 saturated heterocycles. The zero-order valence-electron chi connectivity index (χ0n) is 17.0. The number of rotatable bonds is 7. The Bertz CT molecular complexity index is 683. The molecule has 2 amide bonds. The van der Waals surface area contributed by atoms with Gasteiger partial charge in [-0.3, -0.25) is 4.90 Å². The molecular weight excluding hydrogens is 407 g/mol. The molecule has 160 valence electrons. The molecule has 5 nitrogen and oxygen atoms in total. The predicted octanol–water partition coefficient (Wildman–Crippen LogP) is 4.55. The average molecular weight is 439 g/mol. The number of anilines is 1. The van der Waals surface area contributed by atoms with E-state index in [1.54, 1.807) is 6.08 Å². The Kier molecular flexibility index (Phi) is 8.52. The fourth-order valence-corrected chi connectivity index (χ4v) is 4.73. The lowest BCUT2D eigenvalue weighted by molar-refractivity contribution is 0.205. The van der Waals surface area contributed by atoms with Crippen LogP contribution in [0.3, 0.4) is 0 Å². The van der Waals surface area contributed by atoms with E-state index in [4.69, 9.17) is 23.2 Å². The zero-order valence-corrected chi connectivity index (χ0v) is 18.5. The lowest BCUT2D eigenvalue weighted by Gasteiger charge is -2.37. The Hall–Kier alpha value is -1.43. The highest BCUT2D eigenvalue weighted by Gasteiger charge is 2.24. The molecule has 2 aliphatic rings. The summed E-state index contributed by atoms with van der Waals surface area (Å²) in [5.74, 6) is 0.768. The van der Waals surface area contributed by atoms with Crippen molar-refractivity contribution in [1.29, 1.82) is 0 Å². The number of nitrogens with zero attached hydrogens (tertiary/aromatic N) is 2. The van der Waals surface area contributed by atoms with E-state index in [-0.39, 0.29) is 6.03 Å². The van der Waals surface area contributed by atoms with Crippen molar-refractivity contribution < 1.29 is 4.79 Å². The van der Waals surface area contributed by atoms with Gasteiger partial charge >= 0.3 is 6.03 Å². The molecule has 1 saturated carbocycles. The van der Waals surface area contributed by atoms with Gasteiger partial charge in [0.25, 0.3) is 0 Å². The first kappa shape index (κ1) is 22.3. The van der Waals surface area contributed by atoms with Gasteiger partial charge in [-0.25, -0.2) is 4.79 Å². The summed E-state index contributed by atoms with van der Waals surface area (Å²) in [6.45, 7) is 9.36. The molecule has 0 radical (unpaired) electrons. The molecule has 2 N–H and O–H groups in total. The van der Waals surface area contributed by atoms with Gasteiger partial charge in [-0.15, -0.1) is 6.58 Å². The van der Waals surface area contributed by atoms with Crippen LogP contribution in [0, 0.1) is 5.92 Å². The maximum Gasteiger partial charge on any atom is 0.315 e. The summed E-state index contributed by atoms with van der Waals surface area (Å²) < 4.78 is 0. The van der Waals surface area contributed by atoms with Crippen molar-refractivity contribution in [2.24, 2.45) is 5.92 Å². The molecule has 1 aromatic rings. The second-order valence-corrected chi connectivity index (χ2v) is 8.84. The van der Waals surface area contributed by atoms with Crippen LogP contribution in [0.5, 0.6) is 0 Å². The van der Waals surface area contributed by atoms with Crippen molar-refractivity contribution in [2.45, 2.75) is 38.1 Å². The Morgan fingerprint density at radius 1 is 1.14 bits per heavy atom. The highest BCUT2D eigenvalue weighted by molar-refractivity contribution is 6.43. The van der Waals surface area contributed by atoms with E-state index in [1.807, 2.05) is 18.2 Å². The van der Waals surface area contributed by atoms with Crippen molar-refractivity contribution in [3.63, 3.8) is 0 Å². The highest BCUT2D eigenvalue weighted by atomic mass is 35.5. The van der Waals surface area contributed by atoms with Crippen molar-refractivity contribution in [3.05, 3.63) is 40.9 Å². The molecular formula is C22H32Cl2N4O. The number of amides is 2. The van der Waals surface area contributed by atoms with E-state index in [0.29, 0.717) is 22.6 Å². The number of carbonyl (C=O) groups excluding carboxylic acids is 1. The number of piperazine rings is 1. The molecule has 1 heterocycles. The van der Waals surface area contributed by atoms with Gasteiger partial charge in [-0.05, 0) is 56.7 Å². The van der Waals surface area contributed by atoms with Gasteiger partial charge in [0.15, 0.2) is 0 Å². The Labute approximate surface area is 184 Å².